The van der Waals surface area contributed by atoms with E-state index in [-0.39, 0.29) is 11.4 Å². The van der Waals surface area contributed by atoms with Crippen LogP contribution in [0.25, 0.3) is 0 Å². The summed E-state index contributed by atoms with van der Waals surface area (Å²) in [5, 5.41) is 4.32. The highest BCUT2D eigenvalue weighted by Gasteiger charge is 2.26. The fourth-order valence-electron chi connectivity index (χ4n) is 3.14. The second-order valence-corrected chi connectivity index (χ2v) is 10.3. The maximum atomic E-state index is 13.6. The van der Waals surface area contributed by atoms with Gasteiger partial charge in [0, 0.05) is 24.7 Å². The van der Waals surface area contributed by atoms with E-state index in [1.807, 2.05) is 49.3 Å². The zero-order valence-corrected chi connectivity index (χ0v) is 20.9. The van der Waals surface area contributed by atoms with Crippen molar-refractivity contribution in [2.24, 2.45) is 0 Å². The van der Waals surface area contributed by atoms with E-state index in [2.05, 4.69) is 5.32 Å². The van der Waals surface area contributed by atoms with Crippen LogP contribution >= 0.6 is 23.2 Å². The topological polar surface area (TPSA) is 61.9 Å². The molecule has 176 valence electrons. The Morgan fingerprint density at radius 2 is 1.55 bits per heavy atom. The van der Waals surface area contributed by atoms with Gasteiger partial charge >= 0.3 is 0 Å². The molecule has 3 aromatic rings. The van der Waals surface area contributed by atoms with Gasteiger partial charge in [-0.1, -0.05) is 47.5 Å². The quantitative estimate of drug-likeness (QED) is 0.359. The van der Waals surface area contributed by atoms with Crippen LogP contribution in [0.4, 0.5) is 11.4 Å². The summed E-state index contributed by atoms with van der Waals surface area (Å²) >= 11 is 12.1. The van der Waals surface area contributed by atoms with Crippen LogP contribution in [0.1, 0.15) is 0 Å². The van der Waals surface area contributed by atoms with Gasteiger partial charge in [0.2, 0.25) is 0 Å². The highest BCUT2D eigenvalue weighted by molar-refractivity contribution is 7.92. The van der Waals surface area contributed by atoms with Gasteiger partial charge in [0.25, 0.3) is 10.0 Å². The number of halogens is 2. The average Bonchev–Trinajstić information content (AvgIpc) is 2.79. The third-order valence-electron chi connectivity index (χ3n) is 4.84. The molecule has 0 heterocycles. The molecule has 0 amide bonds. The Hall–Kier alpha value is -2.45. The predicted molar refractivity (Wildman–Crippen MR) is 136 cm³/mol. The number of nitrogens with one attached hydrogen (secondary N) is 1. The van der Waals surface area contributed by atoms with Gasteiger partial charge in [0.05, 0.1) is 21.3 Å². The Morgan fingerprint density at radius 3 is 2.24 bits per heavy atom. The summed E-state index contributed by atoms with van der Waals surface area (Å²) in [6.45, 7) is 1.66. The molecule has 0 aliphatic heterocycles. The molecule has 0 bridgehead atoms. The summed E-state index contributed by atoms with van der Waals surface area (Å²) in [7, 11) is 0.00317. The Labute approximate surface area is 205 Å². The number of benzene rings is 3. The minimum Gasteiger partial charge on any atom is -0.490 e. The minimum atomic E-state index is -3.81. The van der Waals surface area contributed by atoms with Crippen molar-refractivity contribution >= 4 is 44.6 Å². The number of rotatable bonds is 11. The Bertz CT molecular complexity index is 1160. The SMILES string of the molecule is CN(C)CCN(c1ccccc1NCCOc1ccccc1Cl)S(=O)(=O)c1ccc(Cl)cc1. The van der Waals surface area contributed by atoms with Crippen LogP contribution in [0.3, 0.4) is 0 Å². The molecule has 3 aromatic carbocycles. The average molecular weight is 508 g/mol. The molecule has 0 atom stereocenters. The molecule has 0 spiro atoms. The van der Waals surface area contributed by atoms with Gasteiger partial charge in [-0.2, -0.15) is 0 Å². The highest BCUT2D eigenvalue weighted by Crippen LogP contribution is 2.31. The number of para-hydroxylation sites is 3. The van der Waals surface area contributed by atoms with Crippen molar-refractivity contribution in [2.45, 2.75) is 4.90 Å². The number of anilines is 2. The van der Waals surface area contributed by atoms with E-state index < -0.39 is 10.0 Å². The van der Waals surface area contributed by atoms with E-state index in [1.165, 1.54) is 16.4 Å². The molecule has 0 aromatic heterocycles. The van der Waals surface area contributed by atoms with Gasteiger partial charge in [-0.25, -0.2) is 8.42 Å². The molecule has 33 heavy (non-hydrogen) atoms. The van der Waals surface area contributed by atoms with Gasteiger partial charge in [-0.15, -0.1) is 0 Å². The van der Waals surface area contributed by atoms with Gasteiger partial charge in [-0.3, -0.25) is 4.31 Å². The van der Waals surface area contributed by atoms with Crippen LogP contribution in [-0.2, 0) is 10.0 Å². The summed E-state index contributed by atoms with van der Waals surface area (Å²) in [4.78, 5) is 2.13. The molecule has 9 heteroatoms. The van der Waals surface area contributed by atoms with Crippen molar-refractivity contribution in [2.75, 3.05) is 50.0 Å². The largest absolute Gasteiger partial charge is 0.490 e. The van der Waals surface area contributed by atoms with E-state index in [1.54, 1.807) is 30.3 Å². The molecule has 6 nitrogen and oxygen atoms in total. The van der Waals surface area contributed by atoms with Crippen LogP contribution < -0.4 is 14.4 Å². The van der Waals surface area contributed by atoms with Crippen LogP contribution in [0.15, 0.2) is 77.7 Å². The Balaban J connectivity index is 1.82. The first-order valence-corrected chi connectivity index (χ1v) is 12.6. The van der Waals surface area contributed by atoms with Crippen molar-refractivity contribution in [1.82, 2.24) is 4.90 Å². The monoisotopic (exact) mass is 507 g/mol. The zero-order chi connectivity index (χ0) is 23.8. The van der Waals surface area contributed by atoms with E-state index in [9.17, 15) is 8.42 Å². The molecular formula is C24H27Cl2N3O3S. The smallest absolute Gasteiger partial charge is 0.264 e. The summed E-state index contributed by atoms with van der Waals surface area (Å²) in [6.07, 6.45) is 0. The number of hydrogen-bond donors (Lipinski definition) is 1. The Morgan fingerprint density at radius 1 is 0.879 bits per heavy atom. The molecule has 0 aliphatic carbocycles. The van der Waals surface area contributed by atoms with Crippen molar-refractivity contribution in [1.29, 1.82) is 0 Å². The van der Waals surface area contributed by atoms with Crippen LogP contribution in [0, 0.1) is 0 Å². The van der Waals surface area contributed by atoms with E-state index in [0.717, 1.165) is 0 Å². The number of likely N-dealkylation sites (N-methyl/N-ethyl adjacent to an activating group) is 1. The molecule has 1 N–H and O–H groups in total. The van der Waals surface area contributed by atoms with Gasteiger partial charge in [-0.05, 0) is 62.6 Å². The second kappa shape index (κ2) is 11.6. The molecule has 0 unspecified atom stereocenters. The highest BCUT2D eigenvalue weighted by atomic mass is 35.5. The lowest BCUT2D eigenvalue weighted by Gasteiger charge is -2.28. The standard InChI is InChI=1S/C24H27Cl2N3O3S/c1-28(2)16-17-29(33(30,31)20-13-11-19(25)12-14-20)23-9-5-4-8-22(23)27-15-18-32-24-10-6-3-7-21(24)26/h3-14,27H,15-18H2,1-2H3. The molecule has 0 saturated carbocycles. The Kier molecular flexibility index (Phi) is 8.86. The molecule has 0 radical (unpaired) electrons. The lowest BCUT2D eigenvalue weighted by Crippen LogP contribution is -2.37. The van der Waals surface area contributed by atoms with Gasteiger partial charge in [0.15, 0.2) is 0 Å². The number of hydrogen-bond acceptors (Lipinski definition) is 5. The summed E-state index contributed by atoms with van der Waals surface area (Å²) < 4.78 is 34.3. The fourth-order valence-corrected chi connectivity index (χ4v) is 4.93. The van der Waals surface area contributed by atoms with Crippen LogP contribution in [-0.4, -0.2) is 53.7 Å². The molecule has 0 fully saturated rings. The summed E-state index contributed by atoms with van der Waals surface area (Å²) in [6, 6.07) is 20.8. The first kappa shape index (κ1) is 25.2. The number of sulfonamides is 1. The van der Waals surface area contributed by atoms with Crippen LogP contribution in [0.5, 0.6) is 5.75 Å². The van der Waals surface area contributed by atoms with Crippen molar-refractivity contribution in [3.63, 3.8) is 0 Å². The van der Waals surface area contributed by atoms with E-state index >= 15 is 0 Å². The molecule has 0 saturated heterocycles. The number of nitrogens with zero attached hydrogens (tertiary/aromatic N) is 2. The lowest BCUT2D eigenvalue weighted by atomic mass is 10.2. The molecule has 0 aliphatic rings. The zero-order valence-electron chi connectivity index (χ0n) is 18.5. The van der Waals surface area contributed by atoms with E-state index in [0.29, 0.717) is 46.9 Å². The maximum absolute atomic E-state index is 13.6. The first-order valence-electron chi connectivity index (χ1n) is 10.4. The van der Waals surface area contributed by atoms with Crippen LogP contribution in [0.2, 0.25) is 10.0 Å². The fraction of sp³-hybridized carbons (Fsp3) is 0.250. The van der Waals surface area contributed by atoms with Crippen molar-refractivity contribution in [3.05, 3.63) is 82.8 Å². The van der Waals surface area contributed by atoms with E-state index in [4.69, 9.17) is 27.9 Å². The minimum absolute atomic E-state index is 0.183. The maximum Gasteiger partial charge on any atom is 0.264 e. The van der Waals surface area contributed by atoms with Crippen molar-refractivity contribution < 1.29 is 13.2 Å². The summed E-state index contributed by atoms with van der Waals surface area (Å²) in [5.41, 5.74) is 1.25. The van der Waals surface area contributed by atoms with Gasteiger partial charge in [0.1, 0.15) is 12.4 Å². The first-order chi connectivity index (χ1) is 15.8. The normalized spacial score (nSPS) is 11.4. The third-order valence-corrected chi connectivity index (χ3v) is 7.23. The lowest BCUT2D eigenvalue weighted by molar-refractivity contribution is 0.333. The molecule has 3 rings (SSSR count). The second-order valence-electron chi connectivity index (χ2n) is 7.56. The number of ether oxygens (including phenoxy) is 1. The summed E-state index contributed by atoms with van der Waals surface area (Å²) in [5.74, 6) is 0.604. The predicted octanol–water partition coefficient (Wildman–Crippen LogP) is 5.24. The molecular weight excluding hydrogens is 481 g/mol. The van der Waals surface area contributed by atoms with Gasteiger partial charge < -0.3 is 15.0 Å². The third kappa shape index (κ3) is 6.77. The van der Waals surface area contributed by atoms with Crippen molar-refractivity contribution in [3.8, 4) is 5.75 Å².